The van der Waals surface area contributed by atoms with E-state index < -0.39 is 6.04 Å². The second-order valence-electron chi connectivity index (χ2n) is 5.79. The van der Waals surface area contributed by atoms with Crippen molar-refractivity contribution in [2.24, 2.45) is 4.99 Å². The lowest BCUT2D eigenvalue weighted by Crippen LogP contribution is -2.15. The van der Waals surface area contributed by atoms with Crippen molar-refractivity contribution >= 4 is 27.6 Å². The highest BCUT2D eigenvalue weighted by molar-refractivity contribution is 9.10. The maximum Gasteiger partial charge on any atom is 0.302 e. The number of benzene rings is 2. The molecule has 0 radical (unpaired) electrons. The number of hydrogen-bond acceptors (Lipinski definition) is 5. The van der Waals surface area contributed by atoms with Gasteiger partial charge in [0.15, 0.2) is 5.82 Å². The third-order valence-electron chi connectivity index (χ3n) is 3.76. The third kappa shape index (κ3) is 5.31. The molecule has 6 heteroatoms. The molecule has 0 aliphatic heterocycles. The van der Waals surface area contributed by atoms with Crippen molar-refractivity contribution in [1.82, 2.24) is 9.97 Å². The average Bonchev–Trinajstić information content (AvgIpc) is 2.70. The van der Waals surface area contributed by atoms with E-state index in [-0.39, 0.29) is 12.6 Å². The first-order valence-electron chi connectivity index (χ1n) is 8.43. The van der Waals surface area contributed by atoms with E-state index in [0.717, 1.165) is 21.3 Å². The summed E-state index contributed by atoms with van der Waals surface area (Å²) in [5.74, 6) is 0.122. The standard InChI is InChI=1S/C21H18BrN3O2/c1-15(26)27-14-19(21-23-12-18(22)13-24-21)25-20(16-8-4-2-5-9-16)17-10-6-3-7-11-17/h2-13,19H,14H2,1H3. The number of carbonyl (C=O) groups is 1. The summed E-state index contributed by atoms with van der Waals surface area (Å²) in [6, 6.07) is 19.2. The number of carbonyl (C=O) groups excluding carboxylic acids is 1. The summed E-state index contributed by atoms with van der Waals surface area (Å²) in [5, 5.41) is 0. The SMILES string of the molecule is CC(=O)OCC(N=C(c1ccccc1)c1ccccc1)c1ncc(Br)cn1. The molecule has 2 aromatic carbocycles. The largest absolute Gasteiger partial charge is 0.463 e. The second-order valence-corrected chi connectivity index (χ2v) is 6.70. The fourth-order valence-electron chi connectivity index (χ4n) is 2.52. The van der Waals surface area contributed by atoms with Crippen molar-refractivity contribution in [2.45, 2.75) is 13.0 Å². The van der Waals surface area contributed by atoms with Crippen molar-refractivity contribution in [3.8, 4) is 0 Å². The van der Waals surface area contributed by atoms with Gasteiger partial charge in [0.1, 0.15) is 12.6 Å². The second kappa shape index (κ2) is 9.19. The van der Waals surface area contributed by atoms with Gasteiger partial charge in [-0.25, -0.2) is 9.97 Å². The summed E-state index contributed by atoms with van der Waals surface area (Å²) in [6.07, 6.45) is 3.31. The minimum Gasteiger partial charge on any atom is -0.463 e. The molecule has 5 nitrogen and oxygen atoms in total. The van der Waals surface area contributed by atoms with Gasteiger partial charge in [0.2, 0.25) is 0 Å². The molecule has 136 valence electrons. The van der Waals surface area contributed by atoms with Gasteiger partial charge in [-0.05, 0) is 15.9 Å². The Morgan fingerprint density at radius 1 is 1.00 bits per heavy atom. The Hall–Kier alpha value is -2.86. The van der Waals surface area contributed by atoms with Crippen LogP contribution in [-0.4, -0.2) is 28.3 Å². The van der Waals surface area contributed by atoms with Gasteiger partial charge in [-0.2, -0.15) is 0 Å². The summed E-state index contributed by atoms with van der Waals surface area (Å²) in [6.45, 7) is 1.44. The Morgan fingerprint density at radius 2 is 1.52 bits per heavy atom. The molecule has 1 heterocycles. The molecule has 0 spiro atoms. The lowest BCUT2D eigenvalue weighted by atomic mass is 10.0. The van der Waals surface area contributed by atoms with E-state index in [9.17, 15) is 4.79 Å². The number of aromatic nitrogens is 2. The van der Waals surface area contributed by atoms with Crippen LogP contribution in [-0.2, 0) is 9.53 Å². The molecule has 0 saturated heterocycles. The summed E-state index contributed by atoms with van der Waals surface area (Å²) in [4.78, 5) is 24.9. The first-order chi connectivity index (χ1) is 13.1. The van der Waals surface area contributed by atoms with Gasteiger partial charge in [-0.3, -0.25) is 9.79 Å². The number of halogens is 1. The topological polar surface area (TPSA) is 64.4 Å². The number of ether oxygens (including phenoxy) is 1. The summed E-state index contributed by atoms with van der Waals surface area (Å²) >= 11 is 3.33. The van der Waals surface area contributed by atoms with E-state index in [4.69, 9.17) is 9.73 Å². The quantitative estimate of drug-likeness (QED) is 0.435. The van der Waals surface area contributed by atoms with Crippen LogP contribution in [0, 0.1) is 0 Å². The Bertz CT molecular complexity index is 872. The molecule has 0 fully saturated rings. The Balaban J connectivity index is 2.07. The number of aliphatic imine (C=N–C) groups is 1. The first-order valence-corrected chi connectivity index (χ1v) is 9.22. The van der Waals surface area contributed by atoms with E-state index in [1.165, 1.54) is 6.92 Å². The fraction of sp³-hybridized carbons (Fsp3) is 0.143. The third-order valence-corrected chi connectivity index (χ3v) is 4.17. The molecule has 27 heavy (non-hydrogen) atoms. The zero-order chi connectivity index (χ0) is 19.1. The summed E-state index contributed by atoms with van der Waals surface area (Å²) < 4.78 is 5.99. The van der Waals surface area contributed by atoms with Crippen LogP contribution >= 0.6 is 15.9 Å². The maximum absolute atomic E-state index is 11.3. The van der Waals surface area contributed by atoms with Crippen LogP contribution in [0.4, 0.5) is 0 Å². The first kappa shape index (κ1) is 18.9. The highest BCUT2D eigenvalue weighted by atomic mass is 79.9. The van der Waals surface area contributed by atoms with Gasteiger partial charge in [0.05, 0.1) is 10.2 Å². The van der Waals surface area contributed by atoms with Crippen LogP contribution < -0.4 is 0 Å². The van der Waals surface area contributed by atoms with Crippen LogP contribution in [0.15, 0.2) is 82.5 Å². The van der Waals surface area contributed by atoms with Gasteiger partial charge in [-0.1, -0.05) is 60.7 Å². The number of rotatable bonds is 6. The van der Waals surface area contributed by atoms with Crippen molar-refractivity contribution in [1.29, 1.82) is 0 Å². The number of esters is 1. The van der Waals surface area contributed by atoms with Crippen LogP contribution in [0.5, 0.6) is 0 Å². The Morgan fingerprint density at radius 3 is 2.00 bits per heavy atom. The zero-order valence-corrected chi connectivity index (χ0v) is 16.3. The molecule has 0 amide bonds. The molecule has 1 unspecified atom stereocenters. The van der Waals surface area contributed by atoms with Gasteiger partial charge >= 0.3 is 5.97 Å². The summed E-state index contributed by atoms with van der Waals surface area (Å²) in [7, 11) is 0. The minimum atomic E-state index is -0.516. The number of nitrogens with zero attached hydrogens (tertiary/aromatic N) is 3. The smallest absolute Gasteiger partial charge is 0.302 e. The van der Waals surface area contributed by atoms with Crippen LogP contribution in [0.25, 0.3) is 0 Å². The molecule has 0 aliphatic rings. The molecule has 3 rings (SSSR count). The molecule has 0 saturated carbocycles. The average molecular weight is 424 g/mol. The van der Waals surface area contributed by atoms with Gasteiger partial charge in [0.25, 0.3) is 0 Å². The van der Waals surface area contributed by atoms with Gasteiger partial charge in [0, 0.05) is 30.4 Å². The molecule has 0 N–H and O–H groups in total. The van der Waals surface area contributed by atoms with Crippen LogP contribution in [0.3, 0.4) is 0 Å². The monoisotopic (exact) mass is 423 g/mol. The van der Waals surface area contributed by atoms with Gasteiger partial charge < -0.3 is 4.74 Å². The molecular formula is C21H18BrN3O2. The van der Waals surface area contributed by atoms with E-state index in [2.05, 4.69) is 25.9 Å². The Kier molecular flexibility index (Phi) is 6.44. The van der Waals surface area contributed by atoms with Crippen LogP contribution in [0.1, 0.15) is 29.9 Å². The predicted octanol–water partition coefficient (Wildman–Crippen LogP) is 4.38. The van der Waals surface area contributed by atoms with E-state index >= 15 is 0 Å². The highest BCUT2D eigenvalue weighted by Gasteiger charge is 2.18. The van der Waals surface area contributed by atoms with Crippen molar-refractivity contribution in [3.05, 3.63) is 94.5 Å². The van der Waals surface area contributed by atoms with Crippen LogP contribution in [0.2, 0.25) is 0 Å². The predicted molar refractivity (Wildman–Crippen MR) is 108 cm³/mol. The van der Waals surface area contributed by atoms with E-state index in [0.29, 0.717) is 5.82 Å². The minimum absolute atomic E-state index is 0.0696. The van der Waals surface area contributed by atoms with Crippen molar-refractivity contribution in [2.75, 3.05) is 6.61 Å². The lowest BCUT2D eigenvalue weighted by Gasteiger charge is -2.15. The van der Waals surface area contributed by atoms with Crippen molar-refractivity contribution in [3.63, 3.8) is 0 Å². The maximum atomic E-state index is 11.3. The molecular weight excluding hydrogens is 406 g/mol. The normalized spacial score (nSPS) is 11.5. The summed E-state index contributed by atoms with van der Waals surface area (Å²) in [5.41, 5.74) is 2.72. The molecule has 1 atom stereocenters. The van der Waals surface area contributed by atoms with E-state index in [1.54, 1.807) is 12.4 Å². The zero-order valence-electron chi connectivity index (χ0n) is 14.7. The lowest BCUT2D eigenvalue weighted by molar-refractivity contribution is -0.141. The van der Waals surface area contributed by atoms with E-state index in [1.807, 2.05) is 60.7 Å². The van der Waals surface area contributed by atoms with Crippen molar-refractivity contribution < 1.29 is 9.53 Å². The van der Waals surface area contributed by atoms with Gasteiger partial charge in [-0.15, -0.1) is 0 Å². The molecule has 0 bridgehead atoms. The fourth-order valence-corrected chi connectivity index (χ4v) is 2.73. The Labute approximate surface area is 166 Å². The molecule has 0 aliphatic carbocycles. The highest BCUT2D eigenvalue weighted by Crippen LogP contribution is 2.20. The number of hydrogen-bond donors (Lipinski definition) is 0. The molecule has 1 aromatic heterocycles. The molecule has 3 aromatic rings.